The lowest BCUT2D eigenvalue weighted by Gasteiger charge is -2.37. The molecule has 2 saturated heterocycles. The molecule has 1 aromatic heterocycles. The zero-order valence-corrected chi connectivity index (χ0v) is 22.1. The third-order valence-corrected chi connectivity index (χ3v) is 8.32. The number of ether oxygens (including phenoxy) is 3. The number of nitrogens with zero attached hydrogens (tertiary/aromatic N) is 2. The monoisotopic (exact) mass is 521 g/mol. The molecular formula is C28H33N4O4S+. The number of amides is 1. The van der Waals surface area contributed by atoms with Crippen molar-refractivity contribution in [2.75, 3.05) is 64.2 Å². The fraction of sp³-hybridized carbons (Fsp3) is 0.357. The molecule has 37 heavy (non-hydrogen) atoms. The van der Waals surface area contributed by atoms with E-state index in [1.807, 2.05) is 48.5 Å². The molecule has 2 aliphatic heterocycles. The van der Waals surface area contributed by atoms with Gasteiger partial charge in [-0.1, -0.05) is 12.1 Å². The topological polar surface area (TPSA) is 91.2 Å². The summed E-state index contributed by atoms with van der Waals surface area (Å²) in [6.45, 7) is 9.14. The molecule has 0 unspecified atom stereocenters. The fourth-order valence-corrected chi connectivity index (χ4v) is 5.97. The molecule has 8 nitrogen and oxygen atoms in total. The number of carbonyl (C=O) groups excluding carboxylic acids is 1. The molecule has 0 atom stereocenters. The van der Waals surface area contributed by atoms with E-state index < -0.39 is 0 Å². The first-order valence-electron chi connectivity index (χ1n) is 12.3. The van der Waals surface area contributed by atoms with Crippen molar-refractivity contribution in [3.63, 3.8) is 0 Å². The quantitative estimate of drug-likeness (QED) is 0.333. The smallest absolute Gasteiger partial charge is 0.274 e. The van der Waals surface area contributed by atoms with Crippen LogP contribution in [0.15, 0.2) is 48.5 Å². The van der Waals surface area contributed by atoms with E-state index in [0.717, 1.165) is 43.3 Å². The largest absolute Gasteiger partial charge is 0.493 e. The number of hydrogen-bond acceptors (Lipinski definition) is 7. The van der Waals surface area contributed by atoms with E-state index in [2.05, 4.69) is 16.6 Å². The van der Waals surface area contributed by atoms with Gasteiger partial charge in [-0.3, -0.25) is 9.69 Å². The van der Waals surface area contributed by atoms with Gasteiger partial charge in [0.2, 0.25) is 5.69 Å². The Morgan fingerprint density at radius 2 is 2.00 bits per heavy atom. The lowest BCUT2D eigenvalue weighted by Crippen LogP contribution is -2.58. The molecule has 3 heterocycles. The van der Waals surface area contributed by atoms with Crippen LogP contribution >= 0.6 is 11.3 Å². The number of nitrogens with one attached hydrogen (secondary N) is 1. The zero-order chi connectivity index (χ0) is 26.0. The van der Waals surface area contributed by atoms with Gasteiger partial charge >= 0.3 is 0 Å². The second kappa shape index (κ2) is 10.5. The minimum absolute atomic E-state index is 0.142. The van der Waals surface area contributed by atoms with E-state index >= 15 is 0 Å². The summed E-state index contributed by atoms with van der Waals surface area (Å²) in [5, 5.41) is 0. The number of benzene rings is 2. The molecule has 5 rings (SSSR count). The number of carbonyl (C=O) groups is 1. The van der Waals surface area contributed by atoms with Crippen molar-refractivity contribution in [2.24, 2.45) is 5.41 Å². The van der Waals surface area contributed by atoms with E-state index in [9.17, 15) is 4.79 Å². The van der Waals surface area contributed by atoms with Crippen molar-refractivity contribution in [2.45, 2.75) is 6.42 Å². The predicted molar refractivity (Wildman–Crippen MR) is 147 cm³/mol. The van der Waals surface area contributed by atoms with Crippen molar-refractivity contribution in [3.05, 3.63) is 53.4 Å². The second-order valence-electron chi connectivity index (χ2n) is 9.72. The predicted octanol–water partition coefficient (Wildman–Crippen LogP) is 2.80. The molecule has 1 amide bonds. The highest BCUT2D eigenvalue weighted by Crippen LogP contribution is 2.38. The van der Waals surface area contributed by atoms with Gasteiger partial charge in [0, 0.05) is 53.9 Å². The molecule has 194 valence electrons. The van der Waals surface area contributed by atoms with Crippen LogP contribution in [-0.4, -0.2) is 71.1 Å². The van der Waals surface area contributed by atoms with Gasteiger partial charge in [-0.05, 0) is 42.8 Å². The Bertz CT molecular complexity index is 1290. The van der Waals surface area contributed by atoms with Gasteiger partial charge in [0.05, 0.1) is 20.3 Å². The summed E-state index contributed by atoms with van der Waals surface area (Å²) in [6.07, 6.45) is 1.20. The minimum atomic E-state index is -0.142. The van der Waals surface area contributed by atoms with Crippen LogP contribution in [0.3, 0.4) is 0 Å². The van der Waals surface area contributed by atoms with Gasteiger partial charge in [-0.2, -0.15) is 0 Å². The Morgan fingerprint density at radius 1 is 1.22 bits per heavy atom. The van der Waals surface area contributed by atoms with Gasteiger partial charge in [-0.25, -0.2) is 4.99 Å². The van der Waals surface area contributed by atoms with Crippen LogP contribution in [-0.2, 0) is 4.74 Å². The Balaban J connectivity index is 1.26. The van der Waals surface area contributed by atoms with Crippen LogP contribution in [0, 0.1) is 5.41 Å². The molecular weight excluding hydrogens is 488 g/mol. The summed E-state index contributed by atoms with van der Waals surface area (Å²) in [5.74, 6) is 1.11. The molecule has 9 heteroatoms. The first-order chi connectivity index (χ1) is 17.9. The van der Waals surface area contributed by atoms with Crippen molar-refractivity contribution < 1.29 is 24.0 Å². The maximum Gasteiger partial charge on any atom is 0.274 e. The number of methoxy groups -OCH3 is 1. The summed E-state index contributed by atoms with van der Waals surface area (Å²) in [7, 11) is 3.36. The van der Waals surface area contributed by atoms with E-state index in [4.69, 9.17) is 19.9 Å². The van der Waals surface area contributed by atoms with Crippen molar-refractivity contribution in [3.8, 4) is 21.9 Å². The average Bonchev–Trinajstić information content (AvgIpc) is 3.53. The zero-order valence-electron chi connectivity index (χ0n) is 21.3. The number of thiophene rings is 1. The van der Waals surface area contributed by atoms with Crippen molar-refractivity contribution in [1.82, 2.24) is 4.90 Å². The highest BCUT2D eigenvalue weighted by molar-refractivity contribution is 7.18. The average molecular weight is 522 g/mol. The summed E-state index contributed by atoms with van der Waals surface area (Å²) in [6, 6.07) is 15.1. The maximum absolute atomic E-state index is 13.5. The Kier molecular flexibility index (Phi) is 7.19. The molecule has 0 aliphatic carbocycles. The molecule has 2 fully saturated rings. The molecule has 0 radical (unpaired) electrons. The standard InChI is InChI=1S/C28H32N4O4S/c1-30-22-15-25(19-4-6-20(29)7-5-19)37-26(22)27(33)31(2)21-8-9-23(24(14-21)34-3)36-13-12-32-11-10-28(16-32)17-35-18-28/h4-9,14-15H,1,10-13,16-18,29H2,2-3H3/p+1. The van der Waals surface area contributed by atoms with Crippen LogP contribution in [0.5, 0.6) is 11.5 Å². The molecule has 1 spiro atoms. The summed E-state index contributed by atoms with van der Waals surface area (Å²) in [5.41, 5.74) is 9.27. The Morgan fingerprint density at radius 3 is 2.65 bits per heavy atom. The molecule has 3 aromatic rings. The van der Waals surface area contributed by atoms with Crippen molar-refractivity contribution >= 4 is 41.0 Å². The van der Waals surface area contributed by atoms with Gasteiger partial charge in [-0.15, -0.1) is 11.3 Å². The van der Waals surface area contributed by atoms with Crippen LogP contribution in [0.4, 0.5) is 17.1 Å². The number of rotatable bonds is 9. The van der Waals surface area contributed by atoms with Crippen LogP contribution in [0.1, 0.15) is 16.1 Å². The first-order valence-corrected chi connectivity index (χ1v) is 13.1. The van der Waals surface area contributed by atoms with Crippen molar-refractivity contribution in [1.29, 1.82) is 0 Å². The SMILES string of the molecule is C=[NH+]c1cc(-c2ccc(N)cc2)sc1C(=O)N(C)c1ccc(OCCN2CCC3(COC3)C2)c(OC)c1. The molecule has 2 aliphatic rings. The van der Waals surface area contributed by atoms with Gasteiger partial charge in [0.25, 0.3) is 5.91 Å². The lowest BCUT2D eigenvalue weighted by atomic mass is 9.85. The van der Waals surface area contributed by atoms with Gasteiger partial charge in [0.1, 0.15) is 13.3 Å². The molecule has 3 N–H and O–H groups in total. The Labute approximate surface area is 221 Å². The normalized spacial score (nSPS) is 16.4. The first kappa shape index (κ1) is 25.3. The highest BCUT2D eigenvalue weighted by Gasteiger charge is 2.44. The lowest BCUT2D eigenvalue weighted by molar-refractivity contribution is -0.341. The fourth-order valence-electron chi connectivity index (χ4n) is 4.85. The third kappa shape index (κ3) is 5.20. The Hall–Kier alpha value is -3.40. The number of hydrogen-bond donors (Lipinski definition) is 2. The number of nitrogen functional groups attached to an aromatic ring is 1. The van der Waals surface area contributed by atoms with Gasteiger partial charge < -0.3 is 24.8 Å². The second-order valence-corrected chi connectivity index (χ2v) is 10.8. The maximum atomic E-state index is 13.5. The molecule has 2 aromatic carbocycles. The molecule has 0 bridgehead atoms. The third-order valence-electron chi connectivity index (χ3n) is 7.15. The minimum Gasteiger partial charge on any atom is -0.493 e. The summed E-state index contributed by atoms with van der Waals surface area (Å²) < 4.78 is 17.1. The highest BCUT2D eigenvalue weighted by atomic mass is 32.1. The van der Waals surface area contributed by atoms with E-state index in [-0.39, 0.29) is 5.91 Å². The number of likely N-dealkylation sites (tertiary alicyclic amines) is 1. The van der Waals surface area contributed by atoms with Crippen LogP contribution < -0.4 is 25.1 Å². The summed E-state index contributed by atoms with van der Waals surface area (Å²) in [4.78, 5) is 21.9. The molecule has 0 saturated carbocycles. The van der Waals surface area contributed by atoms with E-state index in [0.29, 0.717) is 45.5 Å². The summed E-state index contributed by atoms with van der Waals surface area (Å²) >= 11 is 1.41. The number of nitrogens with two attached hydrogens (primary N) is 1. The van der Waals surface area contributed by atoms with Gasteiger partial charge in [0.15, 0.2) is 16.4 Å². The number of anilines is 2. The van der Waals surface area contributed by atoms with Crippen LogP contribution in [0.25, 0.3) is 10.4 Å². The van der Waals surface area contributed by atoms with E-state index in [1.54, 1.807) is 19.1 Å². The van der Waals surface area contributed by atoms with E-state index in [1.165, 1.54) is 17.8 Å². The van der Waals surface area contributed by atoms with Crippen LogP contribution in [0.2, 0.25) is 0 Å².